The van der Waals surface area contributed by atoms with Crippen molar-refractivity contribution in [3.05, 3.63) is 53.7 Å². The van der Waals surface area contributed by atoms with Crippen LogP contribution in [-0.2, 0) is 9.59 Å². The minimum Gasteiger partial charge on any atom is -0.325 e. The molecule has 1 aliphatic rings. The molecule has 2 heterocycles. The van der Waals surface area contributed by atoms with Crippen LogP contribution in [0.1, 0.15) is 12.8 Å². The van der Waals surface area contributed by atoms with E-state index in [1.807, 2.05) is 12.1 Å². The number of likely N-dealkylation sites (tertiary alicyclic amines) is 1. The van der Waals surface area contributed by atoms with Crippen molar-refractivity contribution >= 4 is 34.9 Å². The van der Waals surface area contributed by atoms with E-state index in [1.54, 1.807) is 36.5 Å². The molecule has 0 unspecified atom stereocenters. The molecule has 136 valence electrons. The van der Waals surface area contributed by atoms with Gasteiger partial charge >= 0.3 is 0 Å². The summed E-state index contributed by atoms with van der Waals surface area (Å²) in [6.07, 6.45) is 3.11. The van der Waals surface area contributed by atoms with E-state index in [2.05, 4.69) is 20.5 Å². The smallest absolute Gasteiger partial charge is 0.238 e. The lowest BCUT2D eigenvalue weighted by molar-refractivity contribution is -0.121. The normalized spacial score (nSPS) is 15.4. The highest BCUT2D eigenvalue weighted by atomic mass is 35.5. The van der Waals surface area contributed by atoms with Gasteiger partial charge in [-0.15, -0.1) is 0 Å². The second kappa shape index (κ2) is 8.78. The van der Waals surface area contributed by atoms with Gasteiger partial charge in [0, 0.05) is 22.8 Å². The maximum atomic E-state index is 12.3. The van der Waals surface area contributed by atoms with Gasteiger partial charge in [0.1, 0.15) is 5.82 Å². The van der Waals surface area contributed by atoms with E-state index in [-0.39, 0.29) is 17.7 Å². The standard InChI is InChI=1S/C19H21ClN4O2/c20-15-4-6-16(7-5-15)22-18(25)13-24-11-8-14(9-12-24)19(26)23-17-3-1-2-10-21-17/h1-7,10,14H,8-9,11-13H2,(H,22,25)(H,21,23,26). The number of nitrogens with zero attached hydrogens (tertiary/aromatic N) is 2. The lowest BCUT2D eigenvalue weighted by atomic mass is 9.96. The van der Waals surface area contributed by atoms with Crippen molar-refractivity contribution in [3.63, 3.8) is 0 Å². The number of piperidine rings is 1. The third-order valence-electron chi connectivity index (χ3n) is 4.37. The minimum atomic E-state index is -0.0660. The van der Waals surface area contributed by atoms with E-state index in [1.165, 1.54) is 0 Å². The van der Waals surface area contributed by atoms with Crippen LogP contribution in [0.3, 0.4) is 0 Å². The number of aromatic nitrogens is 1. The van der Waals surface area contributed by atoms with E-state index < -0.39 is 0 Å². The highest BCUT2D eigenvalue weighted by Crippen LogP contribution is 2.19. The lowest BCUT2D eigenvalue weighted by Crippen LogP contribution is -2.41. The Kier molecular flexibility index (Phi) is 6.20. The number of rotatable bonds is 5. The van der Waals surface area contributed by atoms with Crippen LogP contribution in [0.5, 0.6) is 0 Å². The van der Waals surface area contributed by atoms with Crippen LogP contribution in [0, 0.1) is 5.92 Å². The SMILES string of the molecule is O=C(CN1CCC(C(=O)Nc2ccccn2)CC1)Nc1ccc(Cl)cc1. The van der Waals surface area contributed by atoms with E-state index in [0.29, 0.717) is 30.5 Å². The summed E-state index contributed by atoms with van der Waals surface area (Å²) in [6.45, 7) is 1.75. The van der Waals surface area contributed by atoms with Crippen molar-refractivity contribution in [1.82, 2.24) is 9.88 Å². The van der Waals surface area contributed by atoms with Crippen molar-refractivity contribution in [2.75, 3.05) is 30.3 Å². The Bertz CT molecular complexity index is 744. The topological polar surface area (TPSA) is 74.3 Å². The Balaban J connectivity index is 1.42. The number of carbonyl (C=O) groups excluding carboxylic acids is 2. The first-order valence-corrected chi connectivity index (χ1v) is 8.97. The second-order valence-electron chi connectivity index (χ2n) is 6.31. The number of anilines is 2. The number of amides is 2. The Labute approximate surface area is 157 Å². The van der Waals surface area contributed by atoms with Gasteiger partial charge in [-0.2, -0.15) is 0 Å². The fraction of sp³-hybridized carbons (Fsp3) is 0.316. The van der Waals surface area contributed by atoms with Crippen molar-refractivity contribution < 1.29 is 9.59 Å². The summed E-state index contributed by atoms with van der Waals surface area (Å²) < 4.78 is 0. The molecule has 2 aromatic rings. The molecule has 2 N–H and O–H groups in total. The highest BCUT2D eigenvalue weighted by Gasteiger charge is 2.26. The van der Waals surface area contributed by atoms with Crippen molar-refractivity contribution in [1.29, 1.82) is 0 Å². The molecule has 0 atom stereocenters. The number of pyridine rings is 1. The van der Waals surface area contributed by atoms with Crippen LogP contribution in [-0.4, -0.2) is 41.3 Å². The molecule has 1 aliphatic heterocycles. The first kappa shape index (κ1) is 18.4. The summed E-state index contributed by atoms with van der Waals surface area (Å²) in [5, 5.41) is 6.34. The fourth-order valence-corrected chi connectivity index (χ4v) is 3.08. The number of benzene rings is 1. The molecule has 0 aliphatic carbocycles. The Morgan fingerprint density at radius 1 is 1.08 bits per heavy atom. The third-order valence-corrected chi connectivity index (χ3v) is 4.62. The molecule has 1 saturated heterocycles. The zero-order chi connectivity index (χ0) is 18.4. The molecular formula is C19H21ClN4O2. The zero-order valence-corrected chi connectivity index (χ0v) is 15.1. The minimum absolute atomic E-state index is 0.00559. The van der Waals surface area contributed by atoms with Gasteiger partial charge in [-0.25, -0.2) is 4.98 Å². The van der Waals surface area contributed by atoms with Gasteiger partial charge in [0.15, 0.2) is 0 Å². The predicted molar refractivity (Wildman–Crippen MR) is 102 cm³/mol. The first-order chi connectivity index (χ1) is 12.6. The molecule has 0 radical (unpaired) electrons. The second-order valence-corrected chi connectivity index (χ2v) is 6.75. The maximum absolute atomic E-state index is 12.3. The van der Waals surface area contributed by atoms with Crippen LogP contribution < -0.4 is 10.6 Å². The summed E-state index contributed by atoms with van der Waals surface area (Å²) in [5.41, 5.74) is 0.726. The van der Waals surface area contributed by atoms with Crippen molar-refractivity contribution in [2.24, 2.45) is 5.92 Å². The van der Waals surface area contributed by atoms with E-state index in [4.69, 9.17) is 11.6 Å². The van der Waals surface area contributed by atoms with Crippen LogP contribution in [0.4, 0.5) is 11.5 Å². The van der Waals surface area contributed by atoms with E-state index >= 15 is 0 Å². The van der Waals surface area contributed by atoms with Gasteiger partial charge in [-0.3, -0.25) is 14.5 Å². The van der Waals surface area contributed by atoms with Crippen LogP contribution in [0.15, 0.2) is 48.7 Å². The summed E-state index contributed by atoms with van der Waals surface area (Å²) in [5.74, 6) is 0.451. The molecule has 6 nitrogen and oxygen atoms in total. The van der Waals surface area contributed by atoms with Gasteiger partial charge in [0.2, 0.25) is 11.8 Å². The largest absolute Gasteiger partial charge is 0.325 e. The molecule has 0 saturated carbocycles. The molecule has 3 rings (SSSR count). The number of hydrogen-bond acceptors (Lipinski definition) is 4. The summed E-state index contributed by atoms with van der Waals surface area (Å²) >= 11 is 5.84. The van der Waals surface area contributed by atoms with Crippen molar-refractivity contribution in [3.8, 4) is 0 Å². The average molecular weight is 373 g/mol. The molecule has 26 heavy (non-hydrogen) atoms. The Morgan fingerprint density at radius 2 is 1.81 bits per heavy atom. The highest BCUT2D eigenvalue weighted by molar-refractivity contribution is 6.30. The number of carbonyl (C=O) groups is 2. The molecule has 0 spiro atoms. The number of halogens is 1. The summed E-state index contributed by atoms with van der Waals surface area (Å²) in [6, 6.07) is 12.4. The van der Waals surface area contributed by atoms with Crippen LogP contribution >= 0.6 is 11.6 Å². The molecule has 2 amide bonds. The predicted octanol–water partition coefficient (Wildman–Crippen LogP) is 3.02. The van der Waals surface area contributed by atoms with Gasteiger partial charge in [0.25, 0.3) is 0 Å². The van der Waals surface area contributed by atoms with Crippen molar-refractivity contribution in [2.45, 2.75) is 12.8 Å². The summed E-state index contributed by atoms with van der Waals surface area (Å²) in [4.78, 5) is 30.6. The molecular weight excluding hydrogens is 352 g/mol. The van der Waals surface area contributed by atoms with E-state index in [9.17, 15) is 9.59 Å². The quantitative estimate of drug-likeness (QED) is 0.846. The molecule has 0 bridgehead atoms. The van der Waals surface area contributed by atoms with Gasteiger partial charge in [-0.1, -0.05) is 17.7 Å². The van der Waals surface area contributed by atoms with Crippen LogP contribution in [0.2, 0.25) is 5.02 Å². The lowest BCUT2D eigenvalue weighted by Gasteiger charge is -2.30. The third kappa shape index (κ3) is 5.28. The van der Waals surface area contributed by atoms with Gasteiger partial charge in [-0.05, 0) is 62.3 Å². The zero-order valence-electron chi connectivity index (χ0n) is 14.3. The average Bonchev–Trinajstić information content (AvgIpc) is 2.65. The maximum Gasteiger partial charge on any atom is 0.238 e. The monoisotopic (exact) mass is 372 g/mol. The molecule has 7 heteroatoms. The van der Waals surface area contributed by atoms with E-state index in [0.717, 1.165) is 18.5 Å². The fourth-order valence-electron chi connectivity index (χ4n) is 2.96. The Hall–Kier alpha value is -2.44. The summed E-state index contributed by atoms with van der Waals surface area (Å²) in [7, 11) is 0. The first-order valence-electron chi connectivity index (χ1n) is 8.60. The van der Waals surface area contributed by atoms with Crippen LogP contribution in [0.25, 0.3) is 0 Å². The molecule has 1 aromatic heterocycles. The molecule has 1 fully saturated rings. The number of nitrogens with one attached hydrogen (secondary N) is 2. The van der Waals surface area contributed by atoms with Gasteiger partial charge < -0.3 is 10.6 Å². The molecule has 1 aromatic carbocycles. The van der Waals surface area contributed by atoms with Gasteiger partial charge in [0.05, 0.1) is 6.54 Å². The Morgan fingerprint density at radius 3 is 2.46 bits per heavy atom. The number of hydrogen-bond donors (Lipinski definition) is 2.